The van der Waals surface area contributed by atoms with Crippen LogP contribution in [-0.4, -0.2) is 36.9 Å². The molecule has 0 bridgehead atoms. The van der Waals surface area contributed by atoms with Gasteiger partial charge in [-0.05, 0) is 24.6 Å². The van der Waals surface area contributed by atoms with Crippen LogP contribution in [0.5, 0.6) is 0 Å². The van der Waals surface area contributed by atoms with Crippen LogP contribution in [-0.2, 0) is 20.3 Å². The first kappa shape index (κ1) is 14.2. The molecule has 0 aliphatic rings. The summed E-state index contributed by atoms with van der Waals surface area (Å²) in [6, 6.07) is 7.14. The summed E-state index contributed by atoms with van der Waals surface area (Å²) in [6.07, 6.45) is 0.863. The molecule has 96 valence electrons. The van der Waals surface area contributed by atoms with Crippen molar-refractivity contribution in [3.63, 3.8) is 0 Å². The van der Waals surface area contributed by atoms with Gasteiger partial charge in [-0.1, -0.05) is 6.07 Å². The summed E-state index contributed by atoms with van der Waals surface area (Å²) < 4.78 is 22.1. The van der Waals surface area contributed by atoms with Crippen molar-refractivity contribution in [1.29, 1.82) is 0 Å². The van der Waals surface area contributed by atoms with Gasteiger partial charge in [0.2, 0.25) is 0 Å². The topological polar surface area (TPSA) is 61.5 Å². The van der Waals surface area contributed by atoms with E-state index >= 15 is 0 Å². The third kappa shape index (κ3) is 5.81. The average molecular weight is 257 g/mol. The first-order valence-corrected chi connectivity index (χ1v) is 6.86. The molecule has 0 spiro atoms. The van der Waals surface area contributed by atoms with Gasteiger partial charge in [-0.25, -0.2) is 0 Å². The van der Waals surface area contributed by atoms with Gasteiger partial charge in [0.1, 0.15) is 0 Å². The first-order valence-electron chi connectivity index (χ1n) is 5.54. The van der Waals surface area contributed by atoms with Crippen LogP contribution in [0.1, 0.15) is 6.42 Å². The number of methoxy groups -OCH3 is 1. The second kappa shape index (κ2) is 8.22. The molecule has 0 aliphatic heterocycles. The minimum Gasteiger partial charge on any atom is -0.399 e. The summed E-state index contributed by atoms with van der Waals surface area (Å²) in [5.74, 6) is 0.496. The molecule has 0 radical (unpaired) electrons. The van der Waals surface area contributed by atoms with Crippen LogP contribution in [0.3, 0.4) is 0 Å². The second-order valence-electron chi connectivity index (χ2n) is 3.58. The molecule has 0 fully saturated rings. The van der Waals surface area contributed by atoms with Crippen LogP contribution in [0.25, 0.3) is 0 Å². The highest BCUT2D eigenvalue weighted by molar-refractivity contribution is 7.85. The number of anilines is 1. The van der Waals surface area contributed by atoms with Gasteiger partial charge < -0.3 is 15.2 Å². The number of nitrogen functional groups attached to an aromatic ring is 1. The van der Waals surface area contributed by atoms with E-state index in [1.54, 1.807) is 19.2 Å². The van der Waals surface area contributed by atoms with E-state index in [9.17, 15) is 4.21 Å². The van der Waals surface area contributed by atoms with E-state index in [4.69, 9.17) is 15.2 Å². The Balaban J connectivity index is 2.21. The van der Waals surface area contributed by atoms with Gasteiger partial charge in [0.05, 0.1) is 23.2 Å². The molecule has 1 aromatic carbocycles. The SMILES string of the molecule is COCCCOCCS(=O)c1cccc(N)c1. The van der Waals surface area contributed by atoms with E-state index in [1.165, 1.54) is 0 Å². The molecule has 0 amide bonds. The number of benzene rings is 1. The molecule has 0 saturated carbocycles. The Morgan fingerprint density at radius 1 is 1.29 bits per heavy atom. The van der Waals surface area contributed by atoms with Gasteiger partial charge in [-0.2, -0.15) is 0 Å². The van der Waals surface area contributed by atoms with Crippen molar-refractivity contribution in [2.75, 3.05) is 38.4 Å². The van der Waals surface area contributed by atoms with Crippen molar-refractivity contribution >= 4 is 16.5 Å². The molecular formula is C12H19NO3S. The van der Waals surface area contributed by atoms with Crippen molar-refractivity contribution in [3.8, 4) is 0 Å². The predicted octanol–water partition coefficient (Wildman–Crippen LogP) is 1.43. The lowest BCUT2D eigenvalue weighted by Crippen LogP contribution is -2.08. The number of hydrogen-bond donors (Lipinski definition) is 1. The van der Waals surface area contributed by atoms with Crippen molar-refractivity contribution in [2.24, 2.45) is 0 Å². The van der Waals surface area contributed by atoms with Crippen molar-refractivity contribution in [1.82, 2.24) is 0 Å². The minimum atomic E-state index is -1.04. The maximum Gasteiger partial charge on any atom is 0.0585 e. The van der Waals surface area contributed by atoms with Gasteiger partial charge in [0.25, 0.3) is 0 Å². The molecule has 4 nitrogen and oxygen atoms in total. The number of rotatable bonds is 8. The molecule has 0 saturated heterocycles. The van der Waals surface area contributed by atoms with Crippen LogP contribution >= 0.6 is 0 Å². The Morgan fingerprint density at radius 3 is 2.82 bits per heavy atom. The second-order valence-corrected chi connectivity index (χ2v) is 5.15. The van der Waals surface area contributed by atoms with Gasteiger partial charge >= 0.3 is 0 Å². The number of hydrogen-bond acceptors (Lipinski definition) is 4. The maximum atomic E-state index is 11.8. The number of ether oxygens (including phenoxy) is 2. The number of nitrogens with two attached hydrogens (primary N) is 1. The van der Waals surface area contributed by atoms with Gasteiger partial charge in [0, 0.05) is 30.9 Å². The lowest BCUT2D eigenvalue weighted by atomic mass is 10.3. The maximum absolute atomic E-state index is 11.8. The molecule has 0 heterocycles. The molecule has 1 aromatic rings. The third-order valence-electron chi connectivity index (χ3n) is 2.17. The Kier molecular flexibility index (Phi) is 6.84. The quantitative estimate of drug-likeness (QED) is 0.565. The predicted molar refractivity (Wildman–Crippen MR) is 69.4 cm³/mol. The average Bonchev–Trinajstić information content (AvgIpc) is 2.33. The zero-order chi connectivity index (χ0) is 12.5. The largest absolute Gasteiger partial charge is 0.399 e. The fourth-order valence-corrected chi connectivity index (χ4v) is 2.32. The van der Waals surface area contributed by atoms with Crippen LogP contribution in [0, 0.1) is 0 Å². The Bertz CT molecular complexity index is 357. The Labute approximate surface area is 105 Å². The van der Waals surface area contributed by atoms with E-state index in [1.807, 2.05) is 12.1 Å². The summed E-state index contributed by atoms with van der Waals surface area (Å²) in [5.41, 5.74) is 6.26. The van der Waals surface area contributed by atoms with Crippen LogP contribution < -0.4 is 5.73 Å². The third-order valence-corrected chi connectivity index (χ3v) is 3.49. The van der Waals surface area contributed by atoms with E-state index in [0.717, 1.165) is 11.3 Å². The monoisotopic (exact) mass is 257 g/mol. The van der Waals surface area contributed by atoms with Gasteiger partial charge in [0.15, 0.2) is 0 Å². The first-order chi connectivity index (χ1) is 8.24. The zero-order valence-electron chi connectivity index (χ0n) is 10.1. The molecule has 0 aromatic heterocycles. The van der Waals surface area contributed by atoms with Crippen molar-refractivity contribution in [3.05, 3.63) is 24.3 Å². The normalized spacial score (nSPS) is 12.5. The van der Waals surface area contributed by atoms with E-state index in [0.29, 0.717) is 31.3 Å². The fraction of sp³-hybridized carbons (Fsp3) is 0.500. The molecule has 1 rings (SSSR count). The highest BCUT2D eigenvalue weighted by atomic mass is 32.2. The van der Waals surface area contributed by atoms with Crippen LogP contribution in [0.15, 0.2) is 29.2 Å². The Hall–Kier alpha value is -0.910. The zero-order valence-corrected chi connectivity index (χ0v) is 10.9. The molecule has 1 atom stereocenters. The van der Waals surface area contributed by atoms with Crippen LogP contribution in [0.4, 0.5) is 5.69 Å². The van der Waals surface area contributed by atoms with Crippen LogP contribution in [0.2, 0.25) is 0 Å². The molecule has 0 aliphatic carbocycles. The highest BCUT2D eigenvalue weighted by Gasteiger charge is 2.03. The van der Waals surface area contributed by atoms with E-state index < -0.39 is 10.8 Å². The molecular weight excluding hydrogens is 238 g/mol. The smallest absolute Gasteiger partial charge is 0.0585 e. The van der Waals surface area contributed by atoms with E-state index in [2.05, 4.69) is 0 Å². The van der Waals surface area contributed by atoms with Crippen molar-refractivity contribution in [2.45, 2.75) is 11.3 Å². The Morgan fingerprint density at radius 2 is 2.12 bits per heavy atom. The summed E-state index contributed by atoms with van der Waals surface area (Å²) in [6.45, 7) is 1.82. The lowest BCUT2D eigenvalue weighted by Gasteiger charge is -2.05. The fourth-order valence-electron chi connectivity index (χ4n) is 1.32. The van der Waals surface area contributed by atoms with Gasteiger partial charge in [-0.3, -0.25) is 4.21 Å². The molecule has 1 unspecified atom stereocenters. The molecule has 5 heteroatoms. The summed E-state index contributed by atoms with van der Waals surface area (Å²) in [5, 5.41) is 0. The van der Waals surface area contributed by atoms with E-state index in [-0.39, 0.29) is 0 Å². The highest BCUT2D eigenvalue weighted by Crippen LogP contribution is 2.11. The summed E-state index contributed by atoms with van der Waals surface area (Å²) in [7, 11) is 0.624. The lowest BCUT2D eigenvalue weighted by molar-refractivity contribution is 0.112. The van der Waals surface area contributed by atoms with Crippen molar-refractivity contribution < 1.29 is 13.7 Å². The summed E-state index contributed by atoms with van der Waals surface area (Å²) in [4.78, 5) is 0.755. The standard InChI is InChI=1S/C12H19NO3S/c1-15-6-3-7-16-8-9-17(14)12-5-2-4-11(13)10-12/h2,4-5,10H,3,6-9,13H2,1H3. The molecule has 2 N–H and O–H groups in total. The van der Waals surface area contributed by atoms with Gasteiger partial charge in [-0.15, -0.1) is 0 Å². The summed E-state index contributed by atoms with van der Waals surface area (Å²) >= 11 is 0. The molecule has 17 heavy (non-hydrogen) atoms. The minimum absolute atomic E-state index is 0.491.